The van der Waals surface area contributed by atoms with Crippen molar-refractivity contribution < 1.29 is 44.8 Å². The number of hydrogen-bond acceptors (Lipinski definition) is 2. The van der Waals surface area contributed by atoms with E-state index in [2.05, 4.69) is 0 Å². The Labute approximate surface area is 151 Å². The van der Waals surface area contributed by atoms with Crippen LogP contribution in [0, 0.1) is 11.6 Å². The second-order valence-corrected chi connectivity index (χ2v) is 5.26. The van der Waals surface area contributed by atoms with Gasteiger partial charge in [0.05, 0.1) is 5.69 Å². The Morgan fingerprint density at radius 2 is 1.36 bits per heavy atom. The fraction of sp³-hybridized carbons (Fsp3) is 0.125. The van der Waals surface area contributed by atoms with Gasteiger partial charge in [-0.2, -0.15) is 27.5 Å². The Kier molecular flexibility index (Phi) is 5.62. The van der Waals surface area contributed by atoms with Crippen LogP contribution in [0.25, 0.3) is 0 Å². The highest BCUT2D eigenvalue weighted by Crippen LogP contribution is 2.44. The minimum Gasteiger partial charge on any atom is -0.268 e. The zero-order chi connectivity index (χ0) is 21.3. The minimum absolute atomic E-state index is 0.170. The number of rotatable bonds is 3. The first-order chi connectivity index (χ1) is 12.9. The molecule has 4 nitrogen and oxygen atoms in total. The number of imide groups is 1. The van der Waals surface area contributed by atoms with Gasteiger partial charge in [0.15, 0.2) is 0 Å². The third-order valence-electron chi connectivity index (χ3n) is 3.51. The molecule has 0 aliphatic rings. The van der Waals surface area contributed by atoms with E-state index in [0.29, 0.717) is 29.8 Å². The van der Waals surface area contributed by atoms with Crippen LogP contribution in [0.2, 0.25) is 0 Å². The van der Waals surface area contributed by atoms with E-state index in [1.165, 1.54) is 0 Å². The standard InChI is InChI=1S/C16H8F8N2O2/c17-10-2-1-3-11(18)12(10)13(27)26(14(28)25-24)9-6-4-8(5-7-9)15(19,20)16(21,22)23/h1-7H,(H,25,28). The molecular weight excluding hydrogens is 404 g/mol. The number of hydrogen-bond donors (Lipinski definition) is 1. The first-order valence-electron chi connectivity index (χ1n) is 7.16. The van der Waals surface area contributed by atoms with E-state index in [4.69, 9.17) is 0 Å². The molecule has 3 amide bonds. The van der Waals surface area contributed by atoms with Gasteiger partial charge < -0.3 is 0 Å². The van der Waals surface area contributed by atoms with Crippen molar-refractivity contribution in [3.05, 3.63) is 65.2 Å². The van der Waals surface area contributed by atoms with Crippen molar-refractivity contribution in [3.63, 3.8) is 0 Å². The van der Waals surface area contributed by atoms with Gasteiger partial charge in [-0.15, -0.1) is 0 Å². The van der Waals surface area contributed by atoms with Crippen LogP contribution in [0.4, 0.5) is 45.7 Å². The molecule has 12 heteroatoms. The molecule has 0 aliphatic carbocycles. The largest absolute Gasteiger partial charge is 0.458 e. The Balaban J connectivity index is 2.51. The zero-order valence-electron chi connectivity index (χ0n) is 13.3. The van der Waals surface area contributed by atoms with Crippen molar-refractivity contribution in [2.75, 3.05) is 4.90 Å². The van der Waals surface area contributed by atoms with E-state index in [0.717, 1.165) is 6.07 Å². The van der Waals surface area contributed by atoms with Crippen molar-refractivity contribution in [1.82, 2.24) is 5.54 Å². The molecule has 0 saturated heterocycles. The maximum atomic E-state index is 13.8. The van der Waals surface area contributed by atoms with Gasteiger partial charge in [-0.3, -0.25) is 4.79 Å². The number of carbonyl (C=O) groups excluding carboxylic acids is 2. The quantitative estimate of drug-likeness (QED) is 0.578. The first-order valence-corrected chi connectivity index (χ1v) is 7.16. The van der Waals surface area contributed by atoms with Crippen LogP contribution in [-0.4, -0.2) is 18.1 Å². The molecule has 1 N–H and O–H groups in total. The summed E-state index contributed by atoms with van der Waals surface area (Å²) in [5, 5.41) is 0. The van der Waals surface area contributed by atoms with Gasteiger partial charge in [0.1, 0.15) is 17.2 Å². The molecule has 0 bridgehead atoms. The highest BCUT2D eigenvalue weighted by atomic mass is 19.4. The van der Waals surface area contributed by atoms with Crippen LogP contribution < -0.4 is 10.4 Å². The Hall–Kier alpha value is -3.18. The molecule has 2 rings (SSSR count). The number of urea groups is 1. The maximum Gasteiger partial charge on any atom is 0.458 e. The van der Waals surface area contributed by atoms with Crippen molar-refractivity contribution >= 4 is 17.6 Å². The second-order valence-electron chi connectivity index (χ2n) is 5.26. The molecule has 0 radical (unpaired) electrons. The predicted molar refractivity (Wildman–Crippen MR) is 79.2 cm³/mol. The number of anilines is 1. The summed E-state index contributed by atoms with van der Waals surface area (Å²) >= 11 is 0. The summed E-state index contributed by atoms with van der Waals surface area (Å²) in [4.78, 5) is 23.8. The van der Waals surface area contributed by atoms with Crippen molar-refractivity contribution in [2.24, 2.45) is 0 Å². The van der Waals surface area contributed by atoms with Crippen LogP contribution in [-0.2, 0) is 5.92 Å². The van der Waals surface area contributed by atoms with Crippen molar-refractivity contribution in [2.45, 2.75) is 12.1 Å². The lowest BCUT2D eigenvalue weighted by Crippen LogP contribution is -2.42. The van der Waals surface area contributed by atoms with Crippen LogP contribution >= 0.6 is 0 Å². The molecule has 0 spiro atoms. The SMILES string of the molecule is O=C(NF)N(C(=O)c1c(F)cccc1F)c1ccc(C(F)(F)C(F)(F)F)cc1. The lowest BCUT2D eigenvalue weighted by atomic mass is 10.1. The minimum atomic E-state index is -5.92. The number of amides is 3. The van der Waals surface area contributed by atoms with Crippen molar-refractivity contribution in [3.8, 4) is 0 Å². The van der Waals surface area contributed by atoms with Gasteiger partial charge >= 0.3 is 18.1 Å². The highest BCUT2D eigenvalue weighted by molar-refractivity contribution is 6.20. The summed E-state index contributed by atoms with van der Waals surface area (Å²) in [7, 11) is 0. The molecule has 2 aromatic carbocycles. The van der Waals surface area contributed by atoms with E-state index >= 15 is 0 Å². The van der Waals surface area contributed by atoms with Crippen LogP contribution in [0.1, 0.15) is 15.9 Å². The zero-order valence-corrected chi connectivity index (χ0v) is 13.3. The topological polar surface area (TPSA) is 49.4 Å². The third-order valence-corrected chi connectivity index (χ3v) is 3.51. The predicted octanol–water partition coefficient (Wildman–Crippen LogP) is 4.86. The molecule has 0 aromatic heterocycles. The molecule has 0 heterocycles. The summed E-state index contributed by atoms with van der Waals surface area (Å²) < 4.78 is 104. The summed E-state index contributed by atoms with van der Waals surface area (Å²) in [5.74, 6) is -9.80. The molecule has 0 aliphatic heterocycles. The number of nitrogens with one attached hydrogen (secondary N) is 1. The van der Waals surface area contributed by atoms with E-state index < -0.39 is 52.5 Å². The van der Waals surface area contributed by atoms with Gasteiger partial charge in [-0.05, 0) is 24.3 Å². The highest BCUT2D eigenvalue weighted by Gasteiger charge is 2.58. The van der Waals surface area contributed by atoms with Gasteiger partial charge in [0.2, 0.25) is 0 Å². The van der Waals surface area contributed by atoms with Crippen LogP contribution in [0.15, 0.2) is 42.5 Å². The Bertz CT molecular complexity index is 876. The molecule has 0 fully saturated rings. The summed E-state index contributed by atoms with van der Waals surface area (Å²) in [6, 6.07) is 1.74. The first kappa shape index (κ1) is 21.1. The van der Waals surface area contributed by atoms with Gasteiger partial charge in [0.25, 0.3) is 5.91 Å². The van der Waals surface area contributed by atoms with E-state index in [1.54, 1.807) is 0 Å². The third kappa shape index (κ3) is 3.75. The Morgan fingerprint density at radius 3 is 1.79 bits per heavy atom. The monoisotopic (exact) mass is 412 g/mol. The summed E-state index contributed by atoms with van der Waals surface area (Å²) in [5.41, 5.74) is -3.00. The average molecular weight is 412 g/mol. The number of carbonyl (C=O) groups is 2. The second kappa shape index (κ2) is 7.44. The molecule has 0 saturated carbocycles. The number of alkyl halides is 5. The summed E-state index contributed by atoms with van der Waals surface area (Å²) in [6.45, 7) is 0. The van der Waals surface area contributed by atoms with E-state index in [9.17, 15) is 44.8 Å². The Morgan fingerprint density at radius 1 is 0.857 bits per heavy atom. The fourth-order valence-electron chi connectivity index (χ4n) is 2.17. The fourth-order valence-corrected chi connectivity index (χ4v) is 2.17. The lowest BCUT2D eigenvalue weighted by Gasteiger charge is -2.22. The molecule has 0 unspecified atom stereocenters. The molecule has 2 aromatic rings. The van der Waals surface area contributed by atoms with Crippen molar-refractivity contribution in [1.29, 1.82) is 0 Å². The number of halogens is 8. The lowest BCUT2D eigenvalue weighted by molar-refractivity contribution is -0.289. The van der Waals surface area contributed by atoms with E-state index in [-0.39, 0.29) is 17.0 Å². The molecular formula is C16H8F8N2O2. The molecule has 150 valence electrons. The van der Waals surface area contributed by atoms with Gasteiger partial charge in [-0.25, -0.2) is 18.5 Å². The number of nitrogens with zero attached hydrogens (tertiary/aromatic N) is 1. The van der Waals surface area contributed by atoms with E-state index in [1.807, 2.05) is 0 Å². The smallest absolute Gasteiger partial charge is 0.268 e. The molecule has 0 atom stereocenters. The maximum absolute atomic E-state index is 13.8. The average Bonchev–Trinajstić information content (AvgIpc) is 2.61. The molecule has 28 heavy (non-hydrogen) atoms. The van der Waals surface area contributed by atoms with Crippen LogP contribution in [0.5, 0.6) is 0 Å². The number of benzene rings is 2. The van der Waals surface area contributed by atoms with Crippen LogP contribution in [0.3, 0.4) is 0 Å². The normalized spacial score (nSPS) is 11.9. The van der Waals surface area contributed by atoms with Gasteiger partial charge in [-0.1, -0.05) is 22.7 Å². The summed E-state index contributed by atoms with van der Waals surface area (Å²) in [6.07, 6.45) is -5.92. The van der Waals surface area contributed by atoms with Gasteiger partial charge in [0, 0.05) is 5.56 Å².